The predicted molar refractivity (Wildman–Crippen MR) is 83.9 cm³/mol. The lowest BCUT2D eigenvalue weighted by Crippen LogP contribution is -2.09. The van der Waals surface area contributed by atoms with Crippen LogP contribution in [-0.2, 0) is 6.42 Å². The van der Waals surface area contributed by atoms with Crippen molar-refractivity contribution < 1.29 is 4.39 Å². The van der Waals surface area contributed by atoms with Gasteiger partial charge in [0.15, 0.2) is 5.82 Å². The Hall–Kier alpha value is -1.65. The van der Waals surface area contributed by atoms with Gasteiger partial charge in [-0.05, 0) is 30.2 Å². The highest BCUT2D eigenvalue weighted by molar-refractivity contribution is 6.33. The molecule has 106 valence electrons. The Morgan fingerprint density at radius 1 is 1.05 bits per heavy atom. The van der Waals surface area contributed by atoms with E-state index in [2.05, 4.69) is 5.32 Å². The minimum atomic E-state index is -0.625. The molecule has 0 radical (unpaired) electrons. The van der Waals surface area contributed by atoms with Gasteiger partial charge in [-0.15, -0.1) is 0 Å². The van der Waals surface area contributed by atoms with Gasteiger partial charge in [0.05, 0.1) is 17.1 Å². The quantitative estimate of drug-likeness (QED) is 0.749. The molecule has 0 saturated heterocycles. The second kappa shape index (κ2) is 6.20. The first-order valence-corrected chi connectivity index (χ1v) is 6.76. The molecule has 0 aliphatic rings. The molecule has 5 N–H and O–H groups in total. The number of benzene rings is 2. The number of nitrogens with one attached hydrogen (secondary N) is 1. The lowest BCUT2D eigenvalue weighted by molar-refractivity contribution is 0.632. The van der Waals surface area contributed by atoms with E-state index in [1.54, 1.807) is 0 Å². The SMILES string of the molecule is Nc1cc(N)c(NCCc2ccc(Cl)cc2)c(F)c1Cl. The Bertz CT molecular complexity index is 615. The van der Waals surface area contributed by atoms with Crippen molar-refractivity contribution in [2.75, 3.05) is 23.3 Å². The summed E-state index contributed by atoms with van der Waals surface area (Å²) in [6.07, 6.45) is 0.706. The van der Waals surface area contributed by atoms with Gasteiger partial charge >= 0.3 is 0 Å². The van der Waals surface area contributed by atoms with Crippen LogP contribution in [0, 0.1) is 5.82 Å². The molecule has 0 atom stereocenters. The van der Waals surface area contributed by atoms with Crippen LogP contribution in [0.3, 0.4) is 0 Å². The summed E-state index contributed by atoms with van der Waals surface area (Å²) < 4.78 is 13.9. The van der Waals surface area contributed by atoms with Crippen molar-refractivity contribution in [3.63, 3.8) is 0 Å². The van der Waals surface area contributed by atoms with E-state index in [0.717, 1.165) is 5.56 Å². The molecular formula is C14H14Cl2FN3. The van der Waals surface area contributed by atoms with Crippen molar-refractivity contribution in [1.82, 2.24) is 0 Å². The number of halogens is 3. The first kappa shape index (κ1) is 14.8. The topological polar surface area (TPSA) is 64.1 Å². The molecule has 0 aromatic heterocycles. The minimum absolute atomic E-state index is 0.117. The average molecular weight is 314 g/mol. The Morgan fingerprint density at radius 3 is 2.35 bits per heavy atom. The maximum atomic E-state index is 13.9. The third-order valence-corrected chi connectivity index (χ3v) is 3.53. The van der Waals surface area contributed by atoms with E-state index >= 15 is 0 Å². The van der Waals surface area contributed by atoms with E-state index in [0.29, 0.717) is 18.0 Å². The van der Waals surface area contributed by atoms with Gasteiger partial charge in [-0.25, -0.2) is 4.39 Å². The lowest BCUT2D eigenvalue weighted by Gasteiger charge is -2.13. The summed E-state index contributed by atoms with van der Waals surface area (Å²) in [7, 11) is 0. The van der Waals surface area contributed by atoms with E-state index in [-0.39, 0.29) is 22.1 Å². The van der Waals surface area contributed by atoms with Crippen LogP contribution in [0.1, 0.15) is 5.56 Å². The summed E-state index contributed by atoms with van der Waals surface area (Å²) in [5.74, 6) is -0.625. The van der Waals surface area contributed by atoms with Crippen LogP contribution in [0.5, 0.6) is 0 Å². The van der Waals surface area contributed by atoms with E-state index in [9.17, 15) is 4.39 Å². The van der Waals surface area contributed by atoms with Gasteiger partial charge in [0.2, 0.25) is 0 Å². The zero-order chi connectivity index (χ0) is 14.7. The smallest absolute Gasteiger partial charge is 0.169 e. The standard InChI is InChI=1S/C14H14Cl2FN3/c15-9-3-1-8(2-4-9)5-6-20-14-11(19)7-10(18)12(16)13(14)17/h1-4,7,20H,5-6,18-19H2. The van der Waals surface area contributed by atoms with Crippen LogP contribution in [0.4, 0.5) is 21.5 Å². The molecule has 0 aliphatic heterocycles. The fourth-order valence-electron chi connectivity index (χ4n) is 1.83. The summed E-state index contributed by atoms with van der Waals surface area (Å²) in [5.41, 5.74) is 12.9. The average Bonchev–Trinajstić information content (AvgIpc) is 2.42. The second-order valence-corrected chi connectivity index (χ2v) is 5.18. The van der Waals surface area contributed by atoms with Crippen LogP contribution in [0.15, 0.2) is 30.3 Å². The maximum absolute atomic E-state index is 13.9. The molecular weight excluding hydrogens is 300 g/mol. The summed E-state index contributed by atoms with van der Waals surface area (Å²) in [6, 6.07) is 8.90. The molecule has 0 heterocycles. The molecule has 0 saturated carbocycles. The summed E-state index contributed by atoms with van der Waals surface area (Å²) in [5, 5.41) is 3.50. The van der Waals surface area contributed by atoms with E-state index < -0.39 is 5.82 Å². The van der Waals surface area contributed by atoms with Crippen LogP contribution in [-0.4, -0.2) is 6.54 Å². The fraction of sp³-hybridized carbons (Fsp3) is 0.143. The number of hydrogen-bond donors (Lipinski definition) is 3. The van der Waals surface area contributed by atoms with Crippen LogP contribution < -0.4 is 16.8 Å². The molecule has 6 heteroatoms. The highest BCUT2D eigenvalue weighted by Gasteiger charge is 2.13. The molecule has 2 aromatic carbocycles. The second-order valence-electron chi connectivity index (χ2n) is 4.36. The van der Waals surface area contributed by atoms with Gasteiger partial charge in [-0.3, -0.25) is 0 Å². The van der Waals surface area contributed by atoms with Crippen molar-refractivity contribution in [2.24, 2.45) is 0 Å². The highest BCUT2D eigenvalue weighted by atomic mass is 35.5. The fourth-order valence-corrected chi connectivity index (χ4v) is 2.10. The van der Waals surface area contributed by atoms with Crippen molar-refractivity contribution in [2.45, 2.75) is 6.42 Å². The summed E-state index contributed by atoms with van der Waals surface area (Å²) >= 11 is 11.6. The monoisotopic (exact) mass is 313 g/mol. The Balaban J connectivity index is 2.04. The van der Waals surface area contributed by atoms with Gasteiger partial charge in [0, 0.05) is 11.6 Å². The molecule has 0 spiro atoms. The van der Waals surface area contributed by atoms with Crippen LogP contribution in [0.25, 0.3) is 0 Å². The zero-order valence-corrected chi connectivity index (χ0v) is 12.1. The third kappa shape index (κ3) is 3.26. The zero-order valence-electron chi connectivity index (χ0n) is 10.6. The van der Waals surface area contributed by atoms with Crippen molar-refractivity contribution in [3.05, 3.63) is 51.8 Å². The van der Waals surface area contributed by atoms with Crippen molar-refractivity contribution in [3.8, 4) is 0 Å². The van der Waals surface area contributed by atoms with E-state index in [1.165, 1.54) is 6.07 Å². The molecule has 3 nitrogen and oxygen atoms in total. The van der Waals surface area contributed by atoms with E-state index in [1.807, 2.05) is 24.3 Å². The number of nitrogens with two attached hydrogens (primary N) is 2. The lowest BCUT2D eigenvalue weighted by atomic mass is 10.1. The molecule has 0 amide bonds. The number of nitrogen functional groups attached to an aromatic ring is 2. The Morgan fingerprint density at radius 2 is 1.70 bits per heavy atom. The number of rotatable bonds is 4. The molecule has 0 aliphatic carbocycles. The first-order chi connectivity index (χ1) is 9.49. The normalized spacial score (nSPS) is 10.6. The van der Waals surface area contributed by atoms with Crippen LogP contribution in [0.2, 0.25) is 10.0 Å². The van der Waals surface area contributed by atoms with Gasteiger partial charge in [-0.2, -0.15) is 0 Å². The van der Waals surface area contributed by atoms with E-state index in [4.69, 9.17) is 34.7 Å². The molecule has 0 bridgehead atoms. The Kier molecular flexibility index (Phi) is 4.57. The van der Waals surface area contributed by atoms with Gasteiger partial charge < -0.3 is 16.8 Å². The van der Waals surface area contributed by atoms with Crippen LogP contribution >= 0.6 is 23.2 Å². The van der Waals surface area contributed by atoms with Gasteiger partial charge in [0.25, 0.3) is 0 Å². The summed E-state index contributed by atoms with van der Waals surface area (Å²) in [6.45, 7) is 0.517. The van der Waals surface area contributed by atoms with Gasteiger partial charge in [0.1, 0.15) is 5.02 Å². The summed E-state index contributed by atoms with van der Waals surface area (Å²) in [4.78, 5) is 0. The Labute approximate surface area is 126 Å². The first-order valence-electron chi connectivity index (χ1n) is 6.00. The predicted octanol–water partition coefficient (Wildman–Crippen LogP) is 3.95. The molecule has 0 unspecified atom stereocenters. The molecule has 2 rings (SSSR count). The largest absolute Gasteiger partial charge is 0.397 e. The third-order valence-electron chi connectivity index (χ3n) is 2.89. The molecule has 0 fully saturated rings. The van der Waals surface area contributed by atoms with Gasteiger partial charge in [-0.1, -0.05) is 35.3 Å². The molecule has 20 heavy (non-hydrogen) atoms. The number of anilines is 3. The molecule has 2 aromatic rings. The van der Waals surface area contributed by atoms with Crippen molar-refractivity contribution >= 4 is 40.3 Å². The highest BCUT2D eigenvalue weighted by Crippen LogP contribution is 2.33. The minimum Gasteiger partial charge on any atom is -0.397 e. The maximum Gasteiger partial charge on any atom is 0.169 e. The van der Waals surface area contributed by atoms with Crippen molar-refractivity contribution in [1.29, 1.82) is 0 Å². The number of hydrogen-bond acceptors (Lipinski definition) is 3.